The van der Waals surface area contributed by atoms with Crippen molar-refractivity contribution in [1.82, 2.24) is 19.6 Å². The van der Waals surface area contributed by atoms with Crippen LogP contribution in [0.2, 0.25) is 0 Å². The Hall–Kier alpha value is -3.45. The summed E-state index contributed by atoms with van der Waals surface area (Å²) >= 11 is 1.69. The fourth-order valence-corrected chi connectivity index (χ4v) is 4.52. The van der Waals surface area contributed by atoms with Gasteiger partial charge in [0.05, 0.1) is 12.0 Å². The zero-order valence-electron chi connectivity index (χ0n) is 17.6. The van der Waals surface area contributed by atoms with Crippen LogP contribution in [0, 0.1) is 13.8 Å². The Kier molecular flexibility index (Phi) is 5.03. The van der Waals surface area contributed by atoms with Crippen LogP contribution in [0.1, 0.15) is 22.9 Å². The molecule has 0 aliphatic heterocycles. The van der Waals surface area contributed by atoms with Crippen molar-refractivity contribution >= 4 is 27.2 Å². The molecule has 2 aromatic carbocycles. The van der Waals surface area contributed by atoms with Crippen LogP contribution in [0.25, 0.3) is 27.3 Å². The number of thiophene rings is 1. The van der Waals surface area contributed by atoms with Gasteiger partial charge in [0.2, 0.25) is 0 Å². The molecule has 0 aliphatic rings. The van der Waals surface area contributed by atoms with Crippen molar-refractivity contribution in [2.24, 2.45) is 0 Å². The van der Waals surface area contributed by atoms with E-state index < -0.39 is 0 Å². The van der Waals surface area contributed by atoms with E-state index in [0.717, 1.165) is 38.5 Å². The molecule has 0 saturated heterocycles. The zero-order chi connectivity index (χ0) is 21.4. The van der Waals surface area contributed by atoms with Crippen LogP contribution in [-0.4, -0.2) is 26.2 Å². The molecule has 3 aromatic heterocycles. The lowest BCUT2D eigenvalue weighted by Crippen LogP contribution is -1.96. The van der Waals surface area contributed by atoms with Crippen molar-refractivity contribution in [2.75, 3.05) is 6.61 Å². The van der Waals surface area contributed by atoms with E-state index in [1.807, 2.05) is 49.4 Å². The third-order valence-corrected chi connectivity index (χ3v) is 6.35. The van der Waals surface area contributed by atoms with Crippen LogP contribution in [0.4, 0.5) is 0 Å². The largest absolute Gasteiger partial charge is 0.494 e. The summed E-state index contributed by atoms with van der Waals surface area (Å²) in [5, 5.41) is 5.75. The molecule has 0 radical (unpaired) electrons. The van der Waals surface area contributed by atoms with Gasteiger partial charge in [0.25, 0.3) is 0 Å². The highest BCUT2D eigenvalue weighted by Crippen LogP contribution is 2.31. The molecule has 0 atom stereocenters. The zero-order valence-corrected chi connectivity index (χ0v) is 18.4. The molecule has 0 spiro atoms. The highest BCUT2D eigenvalue weighted by Gasteiger charge is 2.15. The number of ether oxygens (including phenoxy) is 2. The normalized spacial score (nSPS) is 11.3. The van der Waals surface area contributed by atoms with E-state index >= 15 is 0 Å². The lowest BCUT2D eigenvalue weighted by Gasteiger charge is -2.08. The van der Waals surface area contributed by atoms with Crippen molar-refractivity contribution in [3.8, 4) is 22.9 Å². The first-order chi connectivity index (χ1) is 15.1. The monoisotopic (exact) mass is 430 g/mol. The van der Waals surface area contributed by atoms with Gasteiger partial charge in [-0.25, -0.2) is 14.5 Å². The molecule has 156 valence electrons. The molecule has 0 bridgehead atoms. The number of benzene rings is 2. The number of aromatic nitrogens is 4. The van der Waals surface area contributed by atoms with Crippen LogP contribution in [0.15, 0.2) is 54.9 Å². The van der Waals surface area contributed by atoms with Crippen molar-refractivity contribution in [3.63, 3.8) is 0 Å². The molecule has 31 heavy (non-hydrogen) atoms. The Labute approximate surface area is 184 Å². The number of rotatable bonds is 6. The first-order valence-electron chi connectivity index (χ1n) is 10.2. The van der Waals surface area contributed by atoms with E-state index in [-0.39, 0.29) is 0 Å². The third kappa shape index (κ3) is 3.72. The summed E-state index contributed by atoms with van der Waals surface area (Å²) < 4.78 is 13.2. The third-order valence-electron chi connectivity index (χ3n) is 5.23. The fraction of sp³-hybridized carbons (Fsp3) is 0.208. The molecule has 3 heterocycles. The Morgan fingerprint density at radius 3 is 2.55 bits per heavy atom. The van der Waals surface area contributed by atoms with Gasteiger partial charge < -0.3 is 9.47 Å². The Morgan fingerprint density at radius 2 is 1.77 bits per heavy atom. The maximum absolute atomic E-state index is 5.94. The van der Waals surface area contributed by atoms with Gasteiger partial charge in [-0.2, -0.15) is 0 Å². The molecular weight excluding hydrogens is 408 g/mol. The molecule has 6 nitrogen and oxygen atoms in total. The summed E-state index contributed by atoms with van der Waals surface area (Å²) in [5.74, 6) is 2.33. The van der Waals surface area contributed by atoms with E-state index in [1.165, 1.54) is 10.4 Å². The van der Waals surface area contributed by atoms with E-state index in [2.05, 4.69) is 30.0 Å². The fourth-order valence-electron chi connectivity index (χ4n) is 3.53. The van der Waals surface area contributed by atoms with Crippen LogP contribution in [0.5, 0.6) is 11.5 Å². The first-order valence-corrected chi connectivity index (χ1v) is 11.0. The second-order valence-electron chi connectivity index (χ2n) is 7.31. The number of hydrogen-bond acceptors (Lipinski definition) is 6. The van der Waals surface area contributed by atoms with Crippen LogP contribution < -0.4 is 9.47 Å². The smallest absolute Gasteiger partial charge is 0.182 e. The summed E-state index contributed by atoms with van der Waals surface area (Å²) in [5.41, 5.74) is 4.07. The van der Waals surface area contributed by atoms with Gasteiger partial charge in [-0.1, -0.05) is 18.2 Å². The minimum atomic E-state index is 0.462. The van der Waals surface area contributed by atoms with E-state index in [0.29, 0.717) is 19.0 Å². The van der Waals surface area contributed by atoms with Gasteiger partial charge in [0.1, 0.15) is 29.3 Å². The van der Waals surface area contributed by atoms with Crippen molar-refractivity contribution in [2.45, 2.75) is 27.4 Å². The molecule has 5 aromatic rings. The number of fused-ring (bicyclic) bond motifs is 3. The van der Waals surface area contributed by atoms with Gasteiger partial charge in [-0.3, -0.25) is 0 Å². The molecule has 0 aliphatic carbocycles. The molecule has 0 saturated carbocycles. The number of aryl methyl sites for hydroxylation is 2. The SMILES string of the molecule is CCOc1ccc(OCc2cccc(-c3nc4c5c(C)c(C)sc5ncn4n3)c2)cc1. The molecule has 5 rings (SSSR count). The topological polar surface area (TPSA) is 61.5 Å². The molecular formula is C24H22N4O2S. The molecule has 7 heteroatoms. The summed E-state index contributed by atoms with van der Waals surface area (Å²) in [6.45, 7) is 7.31. The molecule has 0 unspecified atom stereocenters. The van der Waals surface area contributed by atoms with Gasteiger partial charge in [-0.05, 0) is 62.2 Å². The quantitative estimate of drug-likeness (QED) is 0.351. The number of nitrogens with zero attached hydrogens (tertiary/aromatic N) is 4. The van der Waals surface area contributed by atoms with Gasteiger partial charge in [0, 0.05) is 10.4 Å². The molecule has 0 fully saturated rings. The minimum absolute atomic E-state index is 0.462. The van der Waals surface area contributed by atoms with Crippen LogP contribution in [-0.2, 0) is 6.61 Å². The Morgan fingerprint density at radius 1 is 1.00 bits per heavy atom. The minimum Gasteiger partial charge on any atom is -0.494 e. The van der Waals surface area contributed by atoms with E-state index in [9.17, 15) is 0 Å². The summed E-state index contributed by atoms with van der Waals surface area (Å²) in [4.78, 5) is 11.6. The highest BCUT2D eigenvalue weighted by atomic mass is 32.1. The second kappa shape index (κ2) is 8.00. The highest BCUT2D eigenvalue weighted by molar-refractivity contribution is 7.18. The van der Waals surface area contributed by atoms with Crippen molar-refractivity contribution in [3.05, 3.63) is 70.9 Å². The summed E-state index contributed by atoms with van der Waals surface area (Å²) in [6, 6.07) is 15.8. The van der Waals surface area contributed by atoms with Gasteiger partial charge >= 0.3 is 0 Å². The summed E-state index contributed by atoms with van der Waals surface area (Å²) in [7, 11) is 0. The molecule has 0 amide bonds. The van der Waals surface area contributed by atoms with Crippen LogP contribution >= 0.6 is 11.3 Å². The Balaban J connectivity index is 1.40. The number of hydrogen-bond donors (Lipinski definition) is 0. The summed E-state index contributed by atoms with van der Waals surface area (Å²) in [6.07, 6.45) is 1.74. The van der Waals surface area contributed by atoms with Gasteiger partial charge in [0.15, 0.2) is 11.5 Å². The van der Waals surface area contributed by atoms with Crippen LogP contribution in [0.3, 0.4) is 0 Å². The average molecular weight is 431 g/mol. The maximum Gasteiger partial charge on any atom is 0.182 e. The predicted molar refractivity (Wildman–Crippen MR) is 123 cm³/mol. The van der Waals surface area contributed by atoms with Crippen molar-refractivity contribution < 1.29 is 9.47 Å². The average Bonchev–Trinajstić information content (AvgIpc) is 3.34. The molecule has 0 N–H and O–H groups in total. The lowest BCUT2D eigenvalue weighted by molar-refractivity contribution is 0.304. The maximum atomic E-state index is 5.94. The predicted octanol–water partition coefficient (Wildman–Crippen LogP) is 5.60. The van der Waals surface area contributed by atoms with E-state index in [4.69, 9.17) is 14.5 Å². The second-order valence-corrected chi connectivity index (χ2v) is 8.51. The Bertz CT molecular complexity index is 1370. The van der Waals surface area contributed by atoms with Crippen molar-refractivity contribution in [1.29, 1.82) is 0 Å². The van der Waals surface area contributed by atoms with E-state index in [1.54, 1.807) is 22.2 Å². The first kappa shape index (κ1) is 19.5. The lowest BCUT2D eigenvalue weighted by atomic mass is 10.1. The standard InChI is InChI=1S/C24H22N4O2S/c1-4-29-19-8-10-20(11-9-19)30-13-17-6-5-7-18(12-17)22-26-23-21-15(2)16(3)31-24(21)25-14-28(23)27-22/h5-12,14H,4,13H2,1-3H3. The van der Waals surface area contributed by atoms with Gasteiger partial charge in [-0.15, -0.1) is 16.4 Å².